The average Bonchev–Trinajstić information content (AvgIpc) is 2.82. The molecule has 3 aromatic heterocycles. The van der Waals surface area contributed by atoms with Gasteiger partial charge in [0.15, 0.2) is 10.8 Å². The Balaban J connectivity index is 2.10. The van der Waals surface area contributed by atoms with Crippen molar-refractivity contribution < 1.29 is 0 Å². The quantitative estimate of drug-likeness (QED) is 0.668. The van der Waals surface area contributed by atoms with Crippen LogP contribution in [0.3, 0.4) is 0 Å². The smallest absolute Gasteiger partial charge is 0.189 e. The van der Waals surface area contributed by atoms with Crippen molar-refractivity contribution in [3.05, 3.63) is 31.0 Å². The van der Waals surface area contributed by atoms with Crippen molar-refractivity contribution >= 4 is 22.8 Å². The molecule has 0 aromatic carbocycles. The lowest BCUT2D eigenvalue weighted by Crippen LogP contribution is -1.89. The van der Waals surface area contributed by atoms with E-state index in [2.05, 4.69) is 30.1 Å². The van der Waals surface area contributed by atoms with Crippen molar-refractivity contribution in [3.63, 3.8) is 0 Å². The molecule has 3 aromatic rings. The first-order valence-electron chi connectivity index (χ1n) is 4.52. The molecule has 3 heterocycles. The molecule has 78 valence electrons. The second kappa shape index (κ2) is 3.86. The van der Waals surface area contributed by atoms with Gasteiger partial charge in [0.25, 0.3) is 0 Å². The summed E-state index contributed by atoms with van der Waals surface area (Å²) in [5.74, 6) is 0. The number of H-pyrrole nitrogens is 1. The first kappa shape index (κ1) is 9.22. The monoisotopic (exact) mass is 230 g/mol. The average molecular weight is 230 g/mol. The third-order valence-corrected chi connectivity index (χ3v) is 2.87. The Morgan fingerprint density at radius 1 is 1.06 bits per heavy atom. The van der Waals surface area contributed by atoms with Crippen LogP contribution in [0.1, 0.15) is 0 Å². The standard InChI is InChI=1S/C9H6N6S/c1-2-6-7(10-3-1)11-4-12-8(6)16-9-13-5-14-15-9/h1-5H,(H,13,14,15). The molecule has 1 N–H and O–H groups in total. The van der Waals surface area contributed by atoms with Crippen molar-refractivity contribution in [2.24, 2.45) is 0 Å². The molecular formula is C9H6N6S. The van der Waals surface area contributed by atoms with E-state index in [0.717, 1.165) is 10.4 Å². The van der Waals surface area contributed by atoms with E-state index in [1.54, 1.807) is 6.20 Å². The highest BCUT2D eigenvalue weighted by molar-refractivity contribution is 7.99. The topological polar surface area (TPSA) is 80.2 Å². The van der Waals surface area contributed by atoms with Gasteiger partial charge in [-0.3, -0.25) is 5.10 Å². The molecule has 0 atom stereocenters. The van der Waals surface area contributed by atoms with Gasteiger partial charge in [0.05, 0.1) is 5.39 Å². The van der Waals surface area contributed by atoms with Crippen molar-refractivity contribution in [1.29, 1.82) is 0 Å². The summed E-state index contributed by atoms with van der Waals surface area (Å²) < 4.78 is 0. The SMILES string of the molecule is c1cnc2ncnc(Sc3ncn[nH]3)c2c1. The maximum atomic E-state index is 4.21. The Kier molecular flexibility index (Phi) is 2.22. The summed E-state index contributed by atoms with van der Waals surface area (Å²) >= 11 is 1.40. The predicted octanol–water partition coefficient (Wildman–Crippen LogP) is 1.29. The van der Waals surface area contributed by atoms with Crippen LogP contribution < -0.4 is 0 Å². The highest BCUT2D eigenvalue weighted by Gasteiger charge is 2.07. The highest BCUT2D eigenvalue weighted by Crippen LogP contribution is 2.27. The second-order valence-corrected chi connectivity index (χ2v) is 3.92. The van der Waals surface area contributed by atoms with Crippen LogP contribution >= 0.6 is 11.8 Å². The van der Waals surface area contributed by atoms with Crippen LogP contribution in [0.15, 0.2) is 41.2 Å². The third-order valence-electron chi connectivity index (χ3n) is 1.96. The minimum Gasteiger partial charge on any atom is -0.254 e. The largest absolute Gasteiger partial charge is 0.254 e. The number of hydrogen-bond acceptors (Lipinski definition) is 6. The van der Waals surface area contributed by atoms with E-state index < -0.39 is 0 Å². The number of fused-ring (bicyclic) bond motifs is 1. The summed E-state index contributed by atoms with van der Waals surface area (Å²) in [5.41, 5.74) is 0.680. The number of aromatic amines is 1. The molecule has 0 saturated carbocycles. The molecule has 6 nitrogen and oxygen atoms in total. The van der Waals surface area contributed by atoms with E-state index in [9.17, 15) is 0 Å². The van der Waals surface area contributed by atoms with Crippen LogP contribution in [-0.2, 0) is 0 Å². The van der Waals surface area contributed by atoms with Crippen LogP contribution in [0.4, 0.5) is 0 Å². The lowest BCUT2D eigenvalue weighted by atomic mass is 10.3. The minimum atomic E-state index is 0.680. The molecule has 0 unspecified atom stereocenters. The summed E-state index contributed by atoms with van der Waals surface area (Å²) in [7, 11) is 0. The summed E-state index contributed by atoms with van der Waals surface area (Å²) in [6.07, 6.45) is 4.66. The zero-order valence-electron chi connectivity index (χ0n) is 8.03. The van der Waals surface area contributed by atoms with E-state index >= 15 is 0 Å². The van der Waals surface area contributed by atoms with Gasteiger partial charge >= 0.3 is 0 Å². The third kappa shape index (κ3) is 1.61. The fourth-order valence-corrected chi connectivity index (χ4v) is 2.04. The normalized spacial score (nSPS) is 10.8. The number of nitrogens with one attached hydrogen (secondary N) is 1. The fraction of sp³-hybridized carbons (Fsp3) is 0. The lowest BCUT2D eigenvalue weighted by molar-refractivity contribution is 0.967. The van der Waals surface area contributed by atoms with Gasteiger partial charge < -0.3 is 0 Å². The Hall–Kier alpha value is -2.02. The minimum absolute atomic E-state index is 0.680. The summed E-state index contributed by atoms with van der Waals surface area (Å²) in [6.45, 7) is 0. The van der Waals surface area contributed by atoms with Crippen LogP contribution in [0.5, 0.6) is 0 Å². The van der Waals surface area contributed by atoms with Gasteiger partial charge in [0.1, 0.15) is 17.7 Å². The molecule has 7 heteroatoms. The van der Waals surface area contributed by atoms with E-state index in [1.165, 1.54) is 24.4 Å². The van der Waals surface area contributed by atoms with Crippen LogP contribution in [-0.4, -0.2) is 30.1 Å². The Morgan fingerprint density at radius 3 is 2.94 bits per heavy atom. The molecule has 0 fully saturated rings. The fourth-order valence-electron chi connectivity index (χ4n) is 1.29. The maximum absolute atomic E-state index is 4.21. The van der Waals surface area contributed by atoms with Gasteiger partial charge in [0.2, 0.25) is 0 Å². The van der Waals surface area contributed by atoms with Crippen LogP contribution in [0.25, 0.3) is 11.0 Å². The summed E-state index contributed by atoms with van der Waals surface area (Å²) in [6, 6.07) is 3.79. The van der Waals surface area contributed by atoms with Gasteiger partial charge in [0, 0.05) is 6.20 Å². The molecule has 0 aliphatic heterocycles. The molecule has 0 bridgehead atoms. The number of aromatic nitrogens is 6. The Bertz CT molecular complexity index is 603. The highest BCUT2D eigenvalue weighted by atomic mass is 32.2. The molecular weight excluding hydrogens is 224 g/mol. The van der Waals surface area contributed by atoms with E-state index in [4.69, 9.17) is 0 Å². The first-order chi connectivity index (χ1) is 7.93. The van der Waals surface area contributed by atoms with Gasteiger partial charge in [-0.1, -0.05) is 0 Å². The molecule has 16 heavy (non-hydrogen) atoms. The second-order valence-electron chi connectivity index (χ2n) is 2.95. The van der Waals surface area contributed by atoms with E-state index in [1.807, 2.05) is 12.1 Å². The zero-order chi connectivity index (χ0) is 10.8. The zero-order valence-corrected chi connectivity index (χ0v) is 8.85. The van der Waals surface area contributed by atoms with Crippen LogP contribution in [0, 0.1) is 0 Å². The van der Waals surface area contributed by atoms with Gasteiger partial charge in [-0.2, -0.15) is 5.10 Å². The molecule has 0 radical (unpaired) electrons. The van der Waals surface area contributed by atoms with E-state index in [0.29, 0.717) is 10.8 Å². The Morgan fingerprint density at radius 2 is 2.06 bits per heavy atom. The first-order valence-corrected chi connectivity index (χ1v) is 5.34. The Labute approximate surface area is 94.6 Å². The number of hydrogen-bond donors (Lipinski definition) is 1. The molecule has 0 aliphatic rings. The maximum Gasteiger partial charge on any atom is 0.189 e. The predicted molar refractivity (Wildman–Crippen MR) is 57.8 cm³/mol. The number of nitrogens with zero attached hydrogens (tertiary/aromatic N) is 5. The van der Waals surface area contributed by atoms with E-state index in [-0.39, 0.29) is 0 Å². The number of pyridine rings is 1. The van der Waals surface area contributed by atoms with Crippen molar-refractivity contribution in [2.45, 2.75) is 10.2 Å². The molecule has 0 spiro atoms. The lowest BCUT2D eigenvalue weighted by Gasteiger charge is -2.00. The van der Waals surface area contributed by atoms with Crippen molar-refractivity contribution in [3.8, 4) is 0 Å². The molecule has 0 amide bonds. The summed E-state index contributed by atoms with van der Waals surface area (Å²) in [4.78, 5) is 16.5. The molecule has 0 aliphatic carbocycles. The molecule has 3 rings (SSSR count). The van der Waals surface area contributed by atoms with Crippen molar-refractivity contribution in [2.75, 3.05) is 0 Å². The van der Waals surface area contributed by atoms with Gasteiger partial charge in [-0.05, 0) is 23.9 Å². The van der Waals surface area contributed by atoms with Gasteiger partial charge in [-0.15, -0.1) is 0 Å². The summed E-state index contributed by atoms with van der Waals surface area (Å²) in [5, 5.41) is 8.98. The van der Waals surface area contributed by atoms with Crippen LogP contribution in [0.2, 0.25) is 0 Å². The number of rotatable bonds is 2. The van der Waals surface area contributed by atoms with Crippen molar-refractivity contribution in [1.82, 2.24) is 30.1 Å². The molecule has 0 saturated heterocycles. The van der Waals surface area contributed by atoms with Gasteiger partial charge in [-0.25, -0.2) is 19.9 Å².